The molecule has 0 aliphatic carbocycles. The number of ether oxygens (including phenoxy) is 7. The van der Waals surface area contributed by atoms with Crippen molar-refractivity contribution in [2.24, 2.45) is 0 Å². The summed E-state index contributed by atoms with van der Waals surface area (Å²) in [5.41, 5.74) is 0. The summed E-state index contributed by atoms with van der Waals surface area (Å²) in [6.07, 6.45) is -12.0. The normalized spacial score (nSPS) is 41.8. The molecule has 4 rings (SSSR count). The Balaban J connectivity index is 1.13. The molecule has 0 amide bonds. The molecule has 0 saturated carbocycles. The van der Waals surface area contributed by atoms with Crippen molar-refractivity contribution in [3.8, 4) is 0 Å². The van der Waals surface area contributed by atoms with Crippen molar-refractivity contribution in [3.05, 3.63) is 0 Å². The highest BCUT2D eigenvalue weighted by Crippen LogP contribution is 2.30. The molecule has 0 radical (unpaired) electrons. The number of esters is 1. The first-order valence-corrected chi connectivity index (χ1v) is 16.6. The second-order valence-electron chi connectivity index (χ2n) is 12.8. The summed E-state index contributed by atoms with van der Waals surface area (Å²) in [6, 6.07) is -0.774. The average molecular weight is 700 g/mol. The van der Waals surface area contributed by atoms with E-state index < -0.39 is 98.7 Å². The van der Waals surface area contributed by atoms with Crippen molar-refractivity contribution in [3.63, 3.8) is 0 Å². The Morgan fingerprint density at radius 2 is 1.12 bits per heavy atom. The number of β-amino-alcohol motifs (C(OH)–C–C–N with tert-alkyl or cyclic N) is 1. The van der Waals surface area contributed by atoms with Gasteiger partial charge in [0.1, 0.15) is 54.9 Å². The van der Waals surface area contributed by atoms with Gasteiger partial charge in [-0.2, -0.15) is 0 Å². The number of aliphatic hydroxyl groups is 9. The number of rotatable bonds is 19. The van der Waals surface area contributed by atoms with Crippen molar-refractivity contribution < 1.29 is 83.9 Å². The lowest BCUT2D eigenvalue weighted by Crippen LogP contribution is -2.45. The van der Waals surface area contributed by atoms with E-state index in [9.17, 15) is 50.8 Å². The summed E-state index contributed by atoms with van der Waals surface area (Å²) in [7, 11) is 1.37. The van der Waals surface area contributed by atoms with Gasteiger partial charge in [-0.25, -0.2) is 0 Å². The minimum Gasteiger partial charge on any atom is -0.469 e. The number of hydrogen-bond donors (Lipinski definition) is 9. The Bertz CT molecular complexity index is 966. The van der Waals surface area contributed by atoms with Crippen LogP contribution >= 0.6 is 0 Å². The van der Waals surface area contributed by atoms with Crippen molar-refractivity contribution >= 4 is 5.97 Å². The fourth-order valence-corrected chi connectivity index (χ4v) is 6.36. The zero-order chi connectivity index (χ0) is 35.0. The maximum Gasteiger partial charge on any atom is 0.305 e. The van der Waals surface area contributed by atoms with Crippen molar-refractivity contribution in [1.29, 1.82) is 0 Å². The van der Waals surface area contributed by atoms with Crippen LogP contribution in [0.4, 0.5) is 0 Å². The first kappa shape index (κ1) is 39.6. The van der Waals surface area contributed by atoms with Crippen molar-refractivity contribution in [1.82, 2.24) is 4.90 Å². The predicted octanol–water partition coefficient (Wildman–Crippen LogP) is -4.32. The zero-order valence-corrected chi connectivity index (χ0v) is 27.1. The van der Waals surface area contributed by atoms with Gasteiger partial charge in [-0.05, 0) is 12.8 Å². The van der Waals surface area contributed by atoms with Gasteiger partial charge >= 0.3 is 5.97 Å². The molecule has 280 valence electrons. The van der Waals surface area contributed by atoms with Gasteiger partial charge in [-0.15, -0.1) is 0 Å². The van der Waals surface area contributed by atoms with Crippen LogP contribution in [0.2, 0.25) is 0 Å². The van der Waals surface area contributed by atoms with Crippen LogP contribution < -0.4 is 0 Å². The Labute approximate surface area is 278 Å². The van der Waals surface area contributed by atoms with Crippen molar-refractivity contribution in [2.45, 2.75) is 137 Å². The van der Waals surface area contributed by atoms with E-state index in [2.05, 4.69) is 4.74 Å². The minimum atomic E-state index is -1.51. The van der Waals surface area contributed by atoms with E-state index in [0.29, 0.717) is 19.4 Å². The van der Waals surface area contributed by atoms with Crippen molar-refractivity contribution in [2.75, 3.05) is 46.6 Å². The van der Waals surface area contributed by atoms with Crippen LogP contribution in [0.25, 0.3) is 0 Å². The molecular weight excluding hydrogens is 646 g/mol. The summed E-state index contributed by atoms with van der Waals surface area (Å²) in [5, 5.41) is 92.2. The second-order valence-corrected chi connectivity index (χ2v) is 12.8. The largest absolute Gasteiger partial charge is 0.469 e. The van der Waals surface area contributed by atoms with Gasteiger partial charge in [0.2, 0.25) is 0 Å². The highest BCUT2D eigenvalue weighted by atomic mass is 16.7. The number of hydrogen-bond acceptors (Lipinski definition) is 18. The molecular formula is C30H53NO17. The van der Waals surface area contributed by atoms with E-state index in [4.69, 9.17) is 28.4 Å². The number of unbranched alkanes of at least 4 members (excludes halogenated alkanes) is 5. The lowest BCUT2D eigenvalue weighted by molar-refractivity contribution is -0.218. The highest BCUT2D eigenvalue weighted by Gasteiger charge is 2.50. The Kier molecular flexibility index (Phi) is 15.6. The van der Waals surface area contributed by atoms with Gasteiger partial charge in [0.25, 0.3) is 0 Å². The van der Waals surface area contributed by atoms with E-state index in [1.807, 2.05) is 0 Å². The van der Waals surface area contributed by atoms with E-state index >= 15 is 0 Å². The monoisotopic (exact) mass is 699 g/mol. The lowest BCUT2D eigenvalue weighted by atomic mass is 10.1. The Morgan fingerprint density at radius 1 is 0.646 bits per heavy atom. The fourth-order valence-electron chi connectivity index (χ4n) is 6.36. The Hall–Kier alpha value is -1.17. The number of carbonyl (C=O) groups is 1. The molecule has 4 saturated heterocycles. The number of nitrogens with zero attached hydrogens (tertiary/aromatic N) is 1. The van der Waals surface area contributed by atoms with Gasteiger partial charge in [0.05, 0.1) is 45.2 Å². The molecule has 0 aromatic carbocycles. The van der Waals surface area contributed by atoms with Crippen LogP contribution in [0.1, 0.15) is 44.9 Å². The summed E-state index contributed by atoms with van der Waals surface area (Å²) in [5.74, 6) is -0.212. The predicted molar refractivity (Wildman–Crippen MR) is 159 cm³/mol. The number of carbonyl (C=O) groups excluding carboxylic acids is 1. The molecule has 0 unspecified atom stereocenters. The van der Waals surface area contributed by atoms with E-state index in [-0.39, 0.29) is 32.3 Å². The van der Waals surface area contributed by atoms with Crippen LogP contribution in [0.15, 0.2) is 0 Å². The molecule has 48 heavy (non-hydrogen) atoms. The second kappa shape index (κ2) is 18.9. The zero-order valence-electron chi connectivity index (χ0n) is 27.1. The van der Waals surface area contributed by atoms with Gasteiger partial charge in [-0.3, -0.25) is 9.69 Å². The van der Waals surface area contributed by atoms with Gasteiger partial charge in [0.15, 0.2) is 18.9 Å². The lowest BCUT2D eigenvalue weighted by Gasteiger charge is -2.27. The van der Waals surface area contributed by atoms with Gasteiger partial charge < -0.3 is 79.1 Å². The van der Waals surface area contributed by atoms with Crippen LogP contribution in [0, 0.1) is 0 Å². The fraction of sp³-hybridized carbons (Fsp3) is 0.967. The first-order chi connectivity index (χ1) is 23.0. The summed E-state index contributed by atoms with van der Waals surface area (Å²) in [4.78, 5) is 12.7. The van der Waals surface area contributed by atoms with E-state index in [1.165, 1.54) is 7.11 Å². The first-order valence-electron chi connectivity index (χ1n) is 16.6. The van der Waals surface area contributed by atoms with Crippen LogP contribution in [-0.4, -0.2) is 196 Å². The smallest absolute Gasteiger partial charge is 0.305 e. The summed E-state index contributed by atoms with van der Waals surface area (Å²) < 4.78 is 38.2. The SMILES string of the molecule is COC(=O)CCCCCCCCO[C@H]1O[C@H](CO[C@H]2O[C@H](CO[C@H]3O[C@H](CN4C[C@@H](O)[C@H](O)[C@H]4CO)[C@@H](O)[C@@H]3O)[C@@H](O)[C@@H]2O)[C@@H](O)[C@@H]1O. The molecule has 0 spiro atoms. The summed E-state index contributed by atoms with van der Waals surface area (Å²) in [6.45, 7) is -0.807. The third kappa shape index (κ3) is 9.99. The van der Waals surface area contributed by atoms with E-state index in [1.54, 1.807) is 4.90 Å². The van der Waals surface area contributed by atoms with Crippen LogP contribution in [-0.2, 0) is 38.0 Å². The quantitative estimate of drug-likeness (QED) is 0.0456. The van der Waals surface area contributed by atoms with Crippen LogP contribution in [0.5, 0.6) is 0 Å². The average Bonchev–Trinajstić information content (AvgIpc) is 3.71. The minimum absolute atomic E-state index is 0.0227. The Morgan fingerprint density at radius 3 is 1.67 bits per heavy atom. The molecule has 0 aromatic heterocycles. The summed E-state index contributed by atoms with van der Waals surface area (Å²) >= 11 is 0. The molecule has 9 N–H and O–H groups in total. The number of methoxy groups -OCH3 is 1. The third-order valence-electron chi connectivity index (χ3n) is 9.37. The maximum absolute atomic E-state index is 11.1. The standard InChI is InChI=1S/C30H53NO17/c1-42-20(34)8-6-4-2-3-5-7-9-43-28-26(40)23(37)18(47-28)13-45-30-27(41)24(38)19(48-30)14-44-29-25(39)22(36)17(46-29)11-31-10-16(33)21(35)15(31)12-32/h15-19,21-30,32-33,35-41H,2-14H2,1H3/t15-,16-,17-,18-,19-,21-,22-,23-,24-,25+,26+,27+,28+,29+,30+/m1/s1. The molecule has 4 heterocycles. The van der Waals surface area contributed by atoms with E-state index in [0.717, 1.165) is 32.1 Å². The topological polar surface area (TPSA) is 267 Å². The van der Waals surface area contributed by atoms with Crippen LogP contribution in [0.3, 0.4) is 0 Å². The molecule has 18 nitrogen and oxygen atoms in total. The molecule has 0 bridgehead atoms. The molecule has 4 fully saturated rings. The third-order valence-corrected chi connectivity index (χ3v) is 9.37. The molecule has 4 aliphatic heterocycles. The molecule has 0 aromatic rings. The highest BCUT2D eigenvalue weighted by molar-refractivity contribution is 5.68. The molecule has 18 heteroatoms. The number of likely N-dealkylation sites (tertiary alicyclic amines) is 1. The van der Waals surface area contributed by atoms with Gasteiger partial charge in [0, 0.05) is 26.1 Å². The maximum atomic E-state index is 11.1. The number of aliphatic hydroxyl groups excluding tert-OH is 9. The molecule has 15 atom stereocenters. The van der Waals surface area contributed by atoms with Gasteiger partial charge in [-0.1, -0.05) is 25.7 Å². The molecule has 4 aliphatic rings.